The second-order valence-electron chi connectivity index (χ2n) is 7.89. The predicted molar refractivity (Wildman–Crippen MR) is 86.7 cm³/mol. The maximum atomic E-state index is 11.9. The molecule has 1 saturated carbocycles. The molecular formula is C17H27N3O4. The van der Waals surface area contributed by atoms with Crippen LogP contribution in [0.2, 0.25) is 0 Å². The molecule has 134 valence electrons. The standard InChI is InChI=1S/C17H27N3O4/c1-2-23-15(22)20-6-3-16(12-20)9-13(10-16)19-7-4-17(5-8-19)11-18-14(21)24-17/h13H,2-12H2,1H3,(H,18,21). The van der Waals surface area contributed by atoms with Gasteiger partial charge in [0.25, 0.3) is 0 Å². The highest BCUT2D eigenvalue weighted by atomic mass is 16.6. The molecule has 2 amide bonds. The molecule has 4 fully saturated rings. The van der Waals surface area contributed by atoms with Crippen LogP contribution in [-0.4, -0.2) is 73.0 Å². The first kappa shape index (κ1) is 16.0. The van der Waals surface area contributed by atoms with Crippen LogP contribution >= 0.6 is 0 Å². The zero-order chi connectivity index (χ0) is 16.8. The maximum Gasteiger partial charge on any atom is 0.409 e. The fraction of sp³-hybridized carbons (Fsp3) is 0.882. The largest absolute Gasteiger partial charge is 0.450 e. The lowest BCUT2D eigenvalue weighted by Gasteiger charge is -2.52. The van der Waals surface area contributed by atoms with Crippen molar-refractivity contribution in [3.63, 3.8) is 0 Å². The summed E-state index contributed by atoms with van der Waals surface area (Å²) in [5.41, 5.74) is 0.0526. The number of alkyl carbamates (subject to hydrolysis) is 1. The van der Waals surface area contributed by atoms with Gasteiger partial charge in [-0.15, -0.1) is 0 Å². The third-order valence-corrected chi connectivity index (χ3v) is 6.39. The van der Waals surface area contributed by atoms with Crippen LogP contribution in [0.15, 0.2) is 0 Å². The highest BCUT2D eigenvalue weighted by molar-refractivity contribution is 5.70. The Bertz CT molecular complexity index is 524. The minimum atomic E-state index is -0.268. The predicted octanol–water partition coefficient (Wildman–Crippen LogP) is 1.57. The van der Waals surface area contributed by atoms with Crippen LogP contribution in [-0.2, 0) is 9.47 Å². The molecule has 0 aromatic heterocycles. The van der Waals surface area contributed by atoms with E-state index in [1.165, 1.54) is 12.8 Å². The first-order valence-electron chi connectivity index (χ1n) is 9.16. The Labute approximate surface area is 142 Å². The fourth-order valence-corrected chi connectivity index (χ4v) is 4.91. The minimum Gasteiger partial charge on any atom is -0.450 e. The zero-order valence-electron chi connectivity index (χ0n) is 14.4. The van der Waals surface area contributed by atoms with E-state index >= 15 is 0 Å². The molecule has 3 aliphatic heterocycles. The molecule has 4 rings (SSSR count). The highest BCUT2D eigenvalue weighted by Gasteiger charge is 2.53. The molecule has 2 spiro atoms. The van der Waals surface area contributed by atoms with Crippen molar-refractivity contribution in [1.82, 2.24) is 15.1 Å². The smallest absolute Gasteiger partial charge is 0.409 e. The SMILES string of the molecule is CCOC(=O)N1CCC2(CC(N3CCC4(CC3)CNC(=O)O4)C2)C1. The number of amides is 2. The Morgan fingerprint density at radius 3 is 2.67 bits per heavy atom. The molecule has 0 aromatic carbocycles. The molecular weight excluding hydrogens is 310 g/mol. The molecule has 0 unspecified atom stereocenters. The van der Waals surface area contributed by atoms with Crippen molar-refractivity contribution in [3.8, 4) is 0 Å². The van der Waals surface area contributed by atoms with Gasteiger partial charge in [0.15, 0.2) is 0 Å². The number of likely N-dealkylation sites (tertiary alicyclic amines) is 2. The molecule has 3 heterocycles. The van der Waals surface area contributed by atoms with Crippen molar-refractivity contribution in [3.05, 3.63) is 0 Å². The zero-order valence-corrected chi connectivity index (χ0v) is 14.4. The van der Waals surface area contributed by atoms with E-state index in [4.69, 9.17) is 9.47 Å². The number of hydrogen-bond acceptors (Lipinski definition) is 5. The van der Waals surface area contributed by atoms with Crippen LogP contribution in [0, 0.1) is 5.41 Å². The van der Waals surface area contributed by atoms with Crippen molar-refractivity contribution < 1.29 is 19.1 Å². The molecule has 1 aliphatic carbocycles. The quantitative estimate of drug-likeness (QED) is 0.828. The van der Waals surface area contributed by atoms with E-state index in [1.54, 1.807) is 0 Å². The molecule has 4 aliphatic rings. The molecule has 24 heavy (non-hydrogen) atoms. The number of hydrogen-bond donors (Lipinski definition) is 1. The number of ether oxygens (including phenoxy) is 2. The number of carbonyl (C=O) groups excluding carboxylic acids is 2. The van der Waals surface area contributed by atoms with Gasteiger partial charge >= 0.3 is 12.2 Å². The molecule has 3 saturated heterocycles. The topological polar surface area (TPSA) is 71.1 Å². The fourth-order valence-electron chi connectivity index (χ4n) is 4.91. The number of rotatable bonds is 2. The van der Waals surface area contributed by atoms with Gasteiger partial charge in [-0.3, -0.25) is 0 Å². The first-order valence-corrected chi connectivity index (χ1v) is 9.16. The monoisotopic (exact) mass is 337 g/mol. The summed E-state index contributed by atoms with van der Waals surface area (Å²) in [7, 11) is 0. The number of piperidine rings is 1. The van der Waals surface area contributed by atoms with Gasteiger partial charge in [0, 0.05) is 45.1 Å². The lowest BCUT2D eigenvalue weighted by Crippen LogP contribution is -2.57. The summed E-state index contributed by atoms with van der Waals surface area (Å²) in [6, 6.07) is 0.620. The molecule has 0 aromatic rings. The third-order valence-electron chi connectivity index (χ3n) is 6.39. The van der Waals surface area contributed by atoms with E-state index in [2.05, 4.69) is 10.2 Å². The Morgan fingerprint density at radius 2 is 2.04 bits per heavy atom. The van der Waals surface area contributed by atoms with Crippen molar-refractivity contribution in [2.75, 3.05) is 39.3 Å². The summed E-state index contributed by atoms with van der Waals surface area (Å²) < 4.78 is 10.6. The van der Waals surface area contributed by atoms with Crippen LogP contribution < -0.4 is 5.32 Å². The summed E-state index contributed by atoms with van der Waals surface area (Å²) >= 11 is 0. The second-order valence-corrected chi connectivity index (χ2v) is 7.89. The van der Waals surface area contributed by atoms with Crippen LogP contribution in [0.25, 0.3) is 0 Å². The summed E-state index contributed by atoms with van der Waals surface area (Å²) in [5.74, 6) is 0. The number of nitrogens with one attached hydrogen (secondary N) is 1. The van der Waals surface area contributed by atoms with Gasteiger partial charge in [-0.1, -0.05) is 0 Å². The van der Waals surface area contributed by atoms with Gasteiger partial charge in [0.1, 0.15) is 5.60 Å². The van der Waals surface area contributed by atoms with Gasteiger partial charge in [-0.2, -0.15) is 0 Å². The molecule has 1 N–H and O–H groups in total. The number of nitrogens with zero attached hydrogens (tertiary/aromatic N) is 2. The van der Waals surface area contributed by atoms with Gasteiger partial charge in [0.05, 0.1) is 13.2 Å². The first-order chi connectivity index (χ1) is 11.5. The Kier molecular flexibility index (Phi) is 3.86. The summed E-state index contributed by atoms with van der Waals surface area (Å²) in [4.78, 5) is 27.6. The van der Waals surface area contributed by atoms with E-state index < -0.39 is 0 Å². The van der Waals surface area contributed by atoms with Crippen LogP contribution in [0.5, 0.6) is 0 Å². The van der Waals surface area contributed by atoms with Gasteiger partial charge in [-0.25, -0.2) is 9.59 Å². The van der Waals surface area contributed by atoms with Crippen molar-refractivity contribution in [2.45, 2.75) is 50.7 Å². The lowest BCUT2D eigenvalue weighted by molar-refractivity contribution is -0.0506. The van der Waals surface area contributed by atoms with Crippen molar-refractivity contribution >= 4 is 12.2 Å². The third kappa shape index (κ3) is 2.72. The van der Waals surface area contributed by atoms with Gasteiger partial charge < -0.3 is 24.6 Å². The molecule has 7 heteroatoms. The molecule has 0 atom stereocenters. The minimum absolute atomic E-state index is 0.159. The van der Waals surface area contributed by atoms with Crippen LogP contribution in [0.4, 0.5) is 9.59 Å². The highest BCUT2D eigenvalue weighted by Crippen LogP contribution is 2.51. The van der Waals surface area contributed by atoms with Crippen LogP contribution in [0.3, 0.4) is 0 Å². The van der Waals surface area contributed by atoms with E-state index in [1.807, 2.05) is 11.8 Å². The Morgan fingerprint density at radius 1 is 1.29 bits per heavy atom. The molecule has 0 bridgehead atoms. The molecule has 7 nitrogen and oxygen atoms in total. The average Bonchev–Trinajstić information content (AvgIpc) is 3.12. The summed E-state index contributed by atoms with van der Waals surface area (Å²) in [6.07, 6.45) is 4.86. The lowest BCUT2D eigenvalue weighted by atomic mass is 9.64. The summed E-state index contributed by atoms with van der Waals surface area (Å²) in [6.45, 7) is 6.62. The average molecular weight is 337 g/mol. The van der Waals surface area contributed by atoms with Gasteiger partial charge in [0.2, 0.25) is 0 Å². The number of carbonyl (C=O) groups is 2. The van der Waals surface area contributed by atoms with E-state index in [9.17, 15) is 9.59 Å². The Hall–Kier alpha value is -1.50. The summed E-state index contributed by atoms with van der Waals surface area (Å²) in [5, 5.41) is 2.79. The van der Waals surface area contributed by atoms with E-state index in [0.717, 1.165) is 45.4 Å². The normalized spacial score (nSPS) is 35.0. The maximum absolute atomic E-state index is 11.9. The van der Waals surface area contributed by atoms with E-state index in [-0.39, 0.29) is 17.8 Å². The Balaban J connectivity index is 1.25. The van der Waals surface area contributed by atoms with Crippen LogP contribution in [0.1, 0.15) is 39.0 Å². The van der Waals surface area contributed by atoms with Crippen molar-refractivity contribution in [1.29, 1.82) is 0 Å². The molecule has 0 radical (unpaired) electrons. The second kappa shape index (κ2) is 5.79. The van der Waals surface area contributed by atoms with E-state index in [0.29, 0.717) is 24.6 Å². The van der Waals surface area contributed by atoms with Gasteiger partial charge in [-0.05, 0) is 31.6 Å². The van der Waals surface area contributed by atoms with Crippen molar-refractivity contribution in [2.24, 2.45) is 5.41 Å².